The fourth-order valence-electron chi connectivity index (χ4n) is 2.12. The van der Waals surface area contributed by atoms with Crippen molar-refractivity contribution in [2.45, 2.75) is 39.0 Å². The molecule has 0 radical (unpaired) electrons. The molecule has 0 amide bonds. The fraction of sp³-hybridized carbons (Fsp3) is 0.333. The van der Waals surface area contributed by atoms with Crippen molar-refractivity contribution in [2.75, 3.05) is 0 Å². The highest BCUT2D eigenvalue weighted by Crippen LogP contribution is 2.29. The maximum absolute atomic E-state index is 5.37. The normalized spacial score (nSPS) is 10.3. The molecule has 0 N–H and O–H groups in total. The van der Waals surface area contributed by atoms with Crippen LogP contribution in [0.3, 0.4) is 0 Å². The molecule has 0 saturated carbocycles. The minimum Gasteiger partial charge on any atom is -0.140 e. The lowest BCUT2D eigenvalue weighted by atomic mass is 10.1. The zero-order chi connectivity index (χ0) is 13.5. The van der Waals surface area contributed by atoms with Gasteiger partial charge in [-0.15, -0.1) is 17.8 Å². The number of terminal acetylenes is 1. The van der Waals surface area contributed by atoms with Crippen LogP contribution in [0, 0.1) is 12.3 Å². The predicted molar refractivity (Wildman–Crippen MR) is 85.5 cm³/mol. The lowest BCUT2D eigenvalue weighted by Gasteiger charge is -1.98. The molecule has 2 aromatic rings. The van der Waals surface area contributed by atoms with Gasteiger partial charge in [-0.3, -0.25) is 0 Å². The second kappa shape index (κ2) is 7.16. The molecular formula is C18H20S. The molecule has 0 nitrogen and oxygen atoms in total. The van der Waals surface area contributed by atoms with Crippen molar-refractivity contribution < 1.29 is 0 Å². The van der Waals surface area contributed by atoms with E-state index in [2.05, 4.69) is 37.1 Å². The smallest absolute Gasteiger partial charge is 0.0345 e. The van der Waals surface area contributed by atoms with Gasteiger partial charge in [0.2, 0.25) is 0 Å². The lowest BCUT2D eigenvalue weighted by molar-refractivity contribution is 0.670. The number of hydrogen-bond acceptors (Lipinski definition) is 1. The molecule has 1 aromatic heterocycles. The van der Waals surface area contributed by atoms with Gasteiger partial charge in [0.05, 0.1) is 0 Å². The van der Waals surface area contributed by atoms with Gasteiger partial charge in [-0.1, -0.05) is 44.2 Å². The largest absolute Gasteiger partial charge is 0.140 e. The summed E-state index contributed by atoms with van der Waals surface area (Å²) in [5.41, 5.74) is 2.21. The Bertz CT molecular complexity index is 540. The quantitative estimate of drug-likeness (QED) is 0.478. The Morgan fingerprint density at radius 2 is 1.79 bits per heavy atom. The first kappa shape index (κ1) is 13.9. The van der Waals surface area contributed by atoms with E-state index < -0.39 is 0 Å². The summed E-state index contributed by atoms with van der Waals surface area (Å²) < 4.78 is 0. The fourth-order valence-corrected chi connectivity index (χ4v) is 3.18. The van der Waals surface area contributed by atoms with Crippen LogP contribution in [0.1, 0.15) is 43.0 Å². The summed E-state index contributed by atoms with van der Waals surface area (Å²) in [6.45, 7) is 2.25. The van der Waals surface area contributed by atoms with Crippen molar-refractivity contribution in [1.29, 1.82) is 0 Å². The maximum atomic E-state index is 5.37. The molecule has 0 atom stereocenters. The van der Waals surface area contributed by atoms with Crippen molar-refractivity contribution in [3.63, 3.8) is 0 Å². The Morgan fingerprint density at radius 1 is 1.00 bits per heavy atom. The van der Waals surface area contributed by atoms with E-state index in [1.807, 2.05) is 23.5 Å². The van der Waals surface area contributed by atoms with Crippen LogP contribution in [0.4, 0.5) is 0 Å². The standard InChI is InChI=1S/C18H20S/c1-3-5-6-7-8-17-13-14-18(19-17)16-11-9-15(4-2)10-12-16/h2,9-14H,3,5-8H2,1H3. The van der Waals surface area contributed by atoms with Gasteiger partial charge in [-0.25, -0.2) is 0 Å². The zero-order valence-electron chi connectivity index (χ0n) is 11.5. The monoisotopic (exact) mass is 268 g/mol. The van der Waals surface area contributed by atoms with Crippen molar-refractivity contribution >= 4 is 11.3 Å². The van der Waals surface area contributed by atoms with Crippen LogP contribution in [0.15, 0.2) is 36.4 Å². The van der Waals surface area contributed by atoms with Crippen LogP contribution >= 0.6 is 11.3 Å². The summed E-state index contributed by atoms with van der Waals surface area (Å²) in [6, 6.07) is 12.7. The third-order valence-electron chi connectivity index (χ3n) is 3.27. The van der Waals surface area contributed by atoms with Gasteiger partial charge < -0.3 is 0 Å². The first-order valence-corrected chi connectivity index (χ1v) is 7.81. The number of aryl methyl sites for hydroxylation is 1. The molecule has 0 unspecified atom stereocenters. The summed E-state index contributed by atoms with van der Waals surface area (Å²) in [4.78, 5) is 2.83. The minimum absolute atomic E-state index is 0.945. The van der Waals surface area contributed by atoms with Crippen molar-refractivity contribution in [3.05, 3.63) is 46.8 Å². The number of thiophene rings is 1. The average Bonchev–Trinajstić information content (AvgIpc) is 2.92. The summed E-state index contributed by atoms with van der Waals surface area (Å²) in [6.07, 6.45) is 11.9. The maximum Gasteiger partial charge on any atom is 0.0345 e. The summed E-state index contributed by atoms with van der Waals surface area (Å²) in [7, 11) is 0. The molecule has 0 saturated heterocycles. The van der Waals surface area contributed by atoms with E-state index in [0.29, 0.717) is 0 Å². The van der Waals surface area contributed by atoms with Gasteiger partial charge in [0.25, 0.3) is 0 Å². The topological polar surface area (TPSA) is 0 Å². The number of rotatable bonds is 6. The van der Waals surface area contributed by atoms with Gasteiger partial charge in [-0.2, -0.15) is 0 Å². The minimum atomic E-state index is 0.945. The Hall–Kier alpha value is -1.52. The third-order valence-corrected chi connectivity index (χ3v) is 4.47. The Balaban J connectivity index is 1.98. The van der Waals surface area contributed by atoms with Crippen LogP contribution in [0.5, 0.6) is 0 Å². The highest BCUT2D eigenvalue weighted by Gasteiger charge is 2.03. The van der Waals surface area contributed by atoms with Crippen LogP contribution in [-0.4, -0.2) is 0 Å². The third kappa shape index (κ3) is 3.98. The molecular weight excluding hydrogens is 248 g/mol. The highest BCUT2D eigenvalue weighted by molar-refractivity contribution is 7.15. The van der Waals surface area contributed by atoms with Crippen molar-refractivity contribution in [3.8, 4) is 22.8 Å². The van der Waals surface area contributed by atoms with Crippen LogP contribution in [-0.2, 0) is 6.42 Å². The van der Waals surface area contributed by atoms with Crippen LogP contribution < -0.4 is 0 Å². The Labute approximate surface area is 120 Å². The molecule has 0 aliphatic heterocycles. The molecule has 2 rings (SSSR count). The highest BCUT2D eigenvalue weighted by atomic mass is 32.1. The first-order chi connectivity index (χ1) is 9.33. The molecule has 19 heavy (non-hydrogen) atoms. The van der Waals surface area contributed by atoms with E-state index in [1.54, 1.807) is 0 Å². The first-order valence-electron chi connectivity index (χ1n) is 6.99. The SMILES string of the molecule is C#Cc1ccc(-c2ccc(CCCCCC)s2)cc1. The van der Waals surface area contributed by atoms with Crippen molar-refractivity contribution in [1.82, 2.24) is 0 Å². The molecule has 1 heterocycles. The predicted octanol–water partition coefficient (Wildman–Crippen LogP) is 5.52. The van der Waals surface area contributed by atoms with Crippen LogP contribution in [0.2, 0.25) is 0 Å². The van der Waals surface area contributed by atoms with E-state index in [1.165, 1.54) is 47.4 Å². The Morgan fingerprint density at radius 3 is 2.47 bits per heavy atom. The van der Waals surface area contributed by atoms with Crippen molar-refractivity contribution in [2.24, 2.45) is 0 Å². The van der Waals surface area contributed by atoms with Crippen LogP contribution in [0.25, 0.3) is 10.4 Å². The molecule has 98 valence electrons. The molecule has 0 fully saturated rings. The second-order valence-corrected chi connectivity index (χ2v) is 5.97. The molecule has 0 aliphatic rings. The summed E-state index contributed by atoms with van der Waals surface area (Å²) >= 11 is 1.91. The number of unbranched alkanes of at least 4 members (excludes halogenated alkanes) is 3. The van der Waals surface area contributed by atoms with E-state index >= 15 is 0 Å². The van der Waals surface area contributed by atoms with Gasteiger partial charge >= 0.3 is 0 Å². The lowest BCUT2D eigenvalue weighted by Crippen LogP contribution is -1.80. The van der Waals surface area contributed by atoms with E-state index in [0.717, 1.165) is 5.56 Å². The molecule has 1 aromatic carbocycles. The zero-order valence-corrected chi connectivity index (χ0v) is 12.3. The summed E-state index contributed by atoms with van der Waals surface area (Å²) in [5.74, 6) is 2.65. The second-order valence-electron chi connectivity index (χ2n) is 4.80. The number of benzene rings is 1. The molecule has 1 heteroatoms. The Kier molecular flexibility index (Phi) is 5.24. The molecule has 0 spiro atoms. The van der Waals surface area contributed by atoms with E-state index in [-0.39, 0.29) is 0 Å². The van der Waals surface area contributed by atoms with Gasteiger partial charge in [0.1, 0.15) is 0 Å². The van der Waals surface area contributed by atoms with Gasteiger partial charge in [-0.05, 0) is 42.7 Å². The van der Waals surface area contributed by atoms with E-state index in [4.69, 9.17) is 6.42 Å². The number of hydrogen-bond donors (Lipinski definition) is 0. The van der Waals surface area contributed by atoms with Gasteiger partial charge in [0.15, 0.2) is 0 Å². The van der Waals surface area contributed by atoms with Gasteiger partial charge in [0, 0.05) is 15.3 Å². The molecule has 0 bridgehead atoms. The molecule has 0 aliphatic carbocycles. The average molecular weight is 268 g/mol. The summed E-state index contributed by atoms with van der Waals surface area (Å²) in [5, 5.41) is 0. The van der Waals surface area contributed by atoms with E-state index in [9.17, 15) is 0 Å².